The van der Waals surface area contributed by atoms with Crippen molar-refractivity contribution in [1.29, 1.82) is 0 Å². The van der Waals surface area contributed by atoms with Gasteiger partial charge in [-0.15, -0.1) is 5.10 Å². The van der Waals surface area contributed by atoms with Crippen molar-refractivity contribution in [3.05, 3.63) is 35.3 Å². The molecule has 8 nitrogen and oxygen atoms in total. The van der Waals surface area contributed by atoms with E-state index in [0.29, 0.717) is 29.2 Å². The molecule has 0 aliphatic carbocycles. The van der Waals surface area contributed by atoms with Gasteiger partial charge in [-0.05, 0) is 30.9 Å². The molecule has 3 aromatic rings. The Morgan fingerprint density at radius 3 is 3.12 bits per heavy atom. The molecule has 1 N–H and O–H groups in total. The zero-order valence-electron chi connectivity index (χ0n) is 14.4. The van der Waals surface area contributed by atoms with Crippen molar-refractivity contribution < 1.29 is 4.79 Å². The molecule has 8 heteroatoms. The van der Waals surface area contributed by atoms with Gasteiger partial charge in [0.25, 0.3) is 5.91 Å². The van der Waals surface area contributed by atoms with Crippen LogP contribution in [0, 0.1) is 0 Å². The lowest BCUT2D eigenvalue weighted by Crippen LogP contribution is -2.39. The highest BCUT2D eigenvalue weighted by atomic mass is 16.2. The highest BCUT2D eigenvalue weighted by Crippen LogP contribution is 2.29. The third-order valence-corrected chi connectivity index (χ3v) is 4.94. The van der Waals surface area contributed by atoms with Crippen LogP contribution in [0.15, 0.2) is 18.5 Å². The van der Waals surface area contributed by atoms with Gasteiger partial charge in [-0.3, -0.25) is 9.89 Å². The maximum absolute atomic E-state index is 12.9. The van der Waals surface area contributed by atoms with Crippen LogP contribution in [0.3, 0.4) is 0 Å². The summed E-state index contributed by atoms with van der Waals surface area (Å²) in [6, 6.07) is 1.77. The predicted octanol–water partition coefficient (Wildman–Crippen LogP) is 1.67. The molecule has 25 heavy (non-hydrogen) atoms. The minimum absolute atomic E-state index is 0.00215. The van der Waals surface area contributed by atoms with Crippen molar-refractivity contribution in [3.8, 4) is 0 Å². The van der Waals surface area contributed by atoms with Crippen LogP contribution in [0.2, 0.25) is 0 Å². The molecule has 3 aromatic heterocycles. The number of hydrogen-bond acceptors (Lipinski definition) is 5. The van der Waals surface area contributed by atoms with Gasteiger partial charge in [-0.2, -0.15) is 5.10 Å². The second-order valence-electron chi connectivity index (χ2n) is 6.53. The van der Waals surface area contributed by atoms with Crippen LogP contribution in [-0.4, -0.2) is 54.1 Å². The highest BCUT2D eigenvalue weighted by Gasteiger charge is 2.28. The van der Waals surface area contributed by atoms with Gasteiger partial charge in [0.05, 0.1) is 11.8 Å². The molecular formula is C17H21N7O. The average Bonchev–Trinajstić information content (AvgIpc) is 3.27. The Morgan fingerprint density at radius 1 is 1.40 bits per heavy atom. The summed E-state index contributed by atoms with van der Waals surface area (Å²) >= 11 is 0. The lowest BCUT2D eigenvalue weighted by molar-refractivity contribution is 0.0705. The first-order chi connectivity index (χ1) is 12.2. The van der Waals surface area contributed by atoms with E-state index < -0.39 is 0 Å². The van der Waals surface area contributed by atoms with Crippen molar-refractivity contribution >= 4 is 17.1 Å². The number of aryl methyl sites for hydroxylation is 2. The Labute approximate surface area is 145 Å². The molecule has 4 heterocycles. The quantitative estimate of drug-likeness (QED) is 0.783. The van der Waals surface area contributed by atoms with Gasteiger partial charge in [0, 0.05) is 37.9 Å². The molecule has 0 radical (unpaired) electrons. The first-order valence-electron chi connectivity index (χ1n) is 8.64. The number of amides is 1. The number of likely N-dealkylation sites (tertiary alicyclic amines) is 1. The second kappa shape index (κ2) is 6.27. The fraction of sp³-hybridized carbons (Fsp3) is 0.471. The predicted molar refractivity (Wildman–Crippen MR) is 92.1 cm³/mol. The minimum Gasteiger partial charge on any atom is -0.338 e. The number of carbonyl (C=O) groups excluding carboxylic acids is 1. The lowest BCUT2D eigenvalue weighted by Gasteiger charge is -2.32. The summed E-state index contributed by atoms with van der Waals surface area (Å²) in [6.07, 6.45) is 6.51. The molecule has 1 aliphatic rings. The van der Waals surface area contributed by atoms with Crippen LogP contribution in [0.25, 0.3) is 11.2 Å². The van der Waals surface area contributed by atoms with Crippen molar-refractivity contribution in [2.45, 2.75) is 32.1 Å². The normalized spacial score (nSPS) is 18.0. The van der Waals surface area contributed by atoms with Crippen LogP contribution in [0.5, 0.6) is 0 Å². The van der Waals surface area contributed by atoms with E-state index in [9.17, 15) is 4.79 Å². The number of rotatable bonds is 3. The standard InChI is InChI=1S/C17H21N7O/c1-3-11-9-19-21-15(11)12-5-4-6-24(10-12)17(25)13-7-14-16(18-8-13)23(2)22-20-14/h7-9,12H,3-6,10H2,1-2H3,(H,19,21)/t12-/m0/s1. The smallest absolute Gasteiger partial charge is 0.255 e. The molecule has 130 valence electrons. The molecule has 0 saturated carbocycles. The summed E-state index contributed by atoms with van der Waals surface area (Å²) in [7, 11) is 1.79. The number of aromatic nitrogens is 6. The van der Waals surface area contributed by atoms with Gasteiger partial charge in [0.2, 0.25) is 0 Å². The molecule has 0 unspecified atom stereocenters. The van der Waals surface area contributed by atoms with E-state index in [1.54, 1.807) is 24.0 Å². The van der Waals surface area contributed by atoms with Gasteiger partial charge >= 0.3 is 0 Å². The number of carbonyl (C=O) groups is 1. The lowest BCUT2D eigenvalue weighted by atomic mass is 9.91. The number of aromatic amines is 1. The number of H-pyrrole nitrogens is 1. The van der Waals surface area contributed by atoms with E-state index >= 15 is 0 Å². The van der Waals surface area contributed by atoms with Gasteiger partial charge in [-0.25, -0.2) is 9.67 Å². The molecule has 1 atom stereocenters. The molecule has 4 rings (SSSR count). The number of nitrogens with zero attached hydrogens (tertiary/aromatic N) is 6. The summed E-state index contributed by atoms with van der Waals surface area (Å²) in [5, 5.41) is 15.3. The fourth-order valence-electron chi connectivity index (χ4n) is 3.58. The van der Waals surface area contributed by atoms with Crippen LogP contribution >= 0.6 is 0 Å². The molecule has 1 fully saturated rings. The fourth-order valence-corrected chi connectivity index (χ4v) is 3.58. The maximum atomic E-state index is 12.9. The summed E-state index contributed by atoms with van der Waals surface area (Å²) in [5.74, 6) is 0.311. The molecule has 0 aromatic carbocycles. The SMILES string of the molecule is CCc1cn[nH]c1[C@H]1CCCN(C(=O)c2cnc3c(c2)nnn3C)C1. The molecule has 1 saturated heterocycles. The Hall–Kier alpha value is -2.77. The van der Waals surface area contributed by atoms with Crippen molar-refractivity contribution in [2.24, 2.45) is 7.05 Å². The van der Waals surface area contributed by atoms with Gasteiger partial charge in [0.1, 0.15) is 5.52 Å². The Kier molecular flexibility index (Phi) is 3.95. The first kappa shape index (κ1) is 15.7. The summed E-state index contributed by atoms with van der Waals surface area (Å²) < 4.78 is 1.60. The molecular weight excluding hydrogens is 318 g/mol. The van der Waals surface area contributed by atoms with E-state index in [2.05, 4.69) is 32.4 Å². The highest BCUT2D eigenvalue weighted by molar-refractivity contribution is 5.96. The van der Waals surface area contributed by atoms with E-state index in [4.69, 9.17) is 0 Å². The summed E-state index contributed by atoms with van der Waals surface area (Å²) in [4.78, 5) is 19.2. The first-order valence-corrected chi connectivity index (χ1v) is 8.64. The summed E-state index contributed by atoms with van der Waals surface area (Å²) in [5.41, 5.74) is 4.29. The third kappa shape index (κ3) is 2.77. The van der Waals surface area contributed by atoms with Crippen LogP contribution in [-0.2, 0) is 13.5 Å². The van der Waals surface area contributed by atoms with E-state index in [1.807, 2.05) is 11.1 Å². The maximum Gasteiger partial charge on any atom is 0.255 e. The van der Waals surface area contributed by atoms with Crippen molar-refractivity contribution in [2.75, 3.05) is 13.1 Å². The zero-order chi connectivity index (χ0) is 17.4. The Bertz CT molecular complexity index is 913. The van der Waals surface area contributed by atoms with E-state index in [0.717, 1.165) is 25.8 Å². The number of nitrogens with one attached hydrogen (secondary N) is 1. The Balaban J connectivity index is 1.56. The number of fused-ring (bicyclic) bond motifs is 1. The van der Waals surface area contributed by atoms with Crippen molar-refractivity contribution in [3.63, 3.8) is 0 Å². The largest absolute Gasteiger partial charge is 0.338 e. The molecule has 1 aliphatic heterocycles. The van der Waals surface area contributed by atoms with Gasteiger partial charge in [-0.1, -0.05) is 12.1 Å². The third-order valence-electron chi connectivity index (χ3n) is 4.94. The zero-order valence-corrected chi connectivity index (χ0v) is 14.4. The number of piperidine rings is 1. The molecule has 0 bridgehead atoms. The van der Waals surface area contributed by atoms with Gasteiger partial charge < -0.3 is 4.90 Å². The van der Waals surface area contributed by atoms with Gasteiger partial charge in [0.15, 0.2) is 5.65 Å². The summed E-state index contributed by atoms with van der Waals surface area (Å²) in [6.45, 7) is 3.60. The van der Waals surface area contributed by atoms with E-state index in [1.165, 1.54) is 11.3 Å². The van der Waals surface area contributed by atoms with Crippen molar-refractivity contribution in [1.82, 2.24) is 35.1 Å². The van der Waals surface area contributed by atoms with Crippen LogP contribution in [0.1, 0.15) is 47.3 Å². The monoisotopic (exact) mass is 339 g/mol. The number of pyridine rings is 1. The van der Waals surface area contributed by atoms with E-state index in [-0.39, 0.29) is 5.91 Å². The van der Waals surface area contributed by atoms with Crippen LogP contribution in [0.4, 0.5) is 0 Å². The average molecular weight is 339 g/mol. The Morgan fingerprint density at radius 2 is 2.28 bits per heavy atom. The molecule has 0 spiro atoms. The minimum atomic E-state index is 0.00215. The van der Waals surface area contributed by atoms with Crippen LogP contribution < -0.4 is 0 Å². The number of hydrogen-bond donors (Lipinski definition) is 1. The second-order valence-corrected chi connectivity index (χ2v) is 6.53. The topological polar surface area (TPSA) is 92.6 Å². The molecule has 1 amide bonds.